The molecule has 0 radical (unpaired) electrons. The maximum absolute atomic E-state index is 11.1. The number of phenolic OH excluding ortho intramolecular Hbond substituents is 1. The van der Waals surface area contributed by atoms with E-state index >= 15 is 0 Å². The Kier molecular flexibility index (Phi) is 5.44. The van der Waals surface area contributed by atoms with E-state index in [1.807, 2.05) is 18.0 Å². The van der Waals surface area contributed by atoms with Crippen LogP contribution in [0, 0.1) is 0 Å². The molecule has 2 N–H and O–H groups in total. The number of carbonyl (C=O) groups is 1. The molecule has 0 aromatic heterocycles. The van der Waals surface area contributed by atoms with Gasteiger partial charge in [0.25, 0.3) is 0 Å². The third kappa shape index (κ3) is 4.75. The van der Waals surface area contributed by atoms with Gasteiger partial charge in [-0.2, -0.15) is 0 Å². The molecule has 17 heavy (non-hydrogen) atoms. The van der Waals surface area contributed by atoms with Gasteiger partial charge in [0.05, 0.1) is 0 Å². The van der Waals surface area contributed by atoms with Crippen molar-refractivity contribution in [3.8, 4) is 5.75 Å². The van der Waals surface area contributed by atoms with Gasteiger partial charge < -0.3 is 15.3 Å². The Labute approximate surface area is 110 Å². The fourth-order valence-electron chi connectivity index (χ4n) is 1.47. The Hall–Kier alpha value is -1.07. The standard InChI is InChI=1S/C12H17BrN2O2/c1-14-12(17)5-6-15(2)8-9-7-10(16)3-4-11(9)13/h3-4,7,16H,5-6,8H2,1-2H3,(H,14,17). The van der Waals surface area contributed by atoms with Gasteiger partial charge in [-0.15, -0.1) is 0 Å². The lowest BCUT2D eigenvalue weighted by Crippen LogP contribution is -2.26. The van der Waals surface area contributed by atoms with E-state index in [-0.39, 0.29) is 11.7 Å². The Morgan fingerprint density at radius 2 is 2.24 bits per heavy atom. The first-order valence-corrected chi connectivity index (χ1v) is 6.18. The van der Waals surface area contributed by atoms with Crippen molar-refractivity contribution in [2.75, 3.05) is 20.6 Å². The van der Waals surface area contributed by atoms with Gasteiger partial charge in [0, 0.05) is 31.0 Å². The van der Waals surface area contributed by atoms with Gasteiger partial charge in [0.15, 0.2) is 0 Å². The molecule has 1 aromatic rings. The van der Waals surface area contributed by atoms with E-state index in [1.54, 1.807) is 19.2 Å². The summed E-state index contributed by atoms with van der Waals surface area (Å²) in [5.74, 6) is 0.287. The number of phenols is 1. The average Bonchev–Trinajstić information content (AvgIpc) is 2.30. The average molecular weight is 301 g/mol. The summed E-state index contributed by atoms with van der Waals surface area (Å²) < 4.78 is 0.960. The number of amides is 1. The molecular formula is C12H17BrN2O2. The van der Waals surface area contributed by atoms with E-state index in [1.165, 1.54) is 0 Å². The van der Waals surface area contributed by atoms with Gasteiger partial charge in [-0.1, -0.05) is 15.9 Å². The molecule has 0 saturated carbocycles. The van der Waals surface area contributed by atoms with E-state index in [4.69, 9.17) is 0 Å². The summed E-state index contributed by atoms with van der Waals surface area (Å²) in [6, 6.07) is 5.18. The second-order valence-corrected chi connectivity index (χ2v) is 4.79. The third-order valence-corrected chi connectivity index (χ3v) is 3.24. The van der Waals surface area contributed by atoms with Crippen LogP contribution in [0.5, 0.6) is 5.75 Å². The van der Waals surface area contributed by atoms with Crippen molar-refractivity contribution in [2.24, 2.45) is 0 Å². The van der Waals surface area contributed by atoms with Crippen LogP contribution < -0.4 is 5.32 Å². The van der Waals surface area contributed by atoms with E-state index in [2.05, 4.69) is 21.2 Å². The molecule has 0 heterocycles. The molecule has 0 fully saturated rings. The fourth-order valence-corrected chi connectivity index (χ4v) is 1.84. The lowest BCUT2D eigenvalue weighted by atomic mass is 10.2. The van der Waals surface area contributed by atoms with Crippen LogP contribution in [-0.2, 0) is 11.3 Å². The van der Waals surface area contributed by atoms with Crippen molar-refractivity contribution >= 4 is 21.8 Å². The highest BCUT2D eigenvalue weighted by Crippen LogP contribution is 2.22. The van der Waals surface area contributed by atoms with Crippen LogP contribution in [-0.4, -0.2) is 36.6 Å². The maximum atomic E-state index is 11.1. The SMILES string of the molecule is CNC(=O)CCN(C)Cc1cc(O)ccc1Br. The number of aromatic hydroxyl groups is 1. The Morgan fingerprint density at radius 3 is 2.88 bits per heavy atom. The predicted octanol–water partition coefficient (Wildman–Crippen LogP) is 1.72. The summed E-state index contributed by atoms with van der Waals surface area (Å²) in [5.41, 5.74) is 1.00. The lowest BCUT2D eigenvalue weighted by Gasteiger charge is -2.17. The number of nitrogens with zero attached hydrogens (tertiary/aromatic N) is 1. The van der Waals surface area contributed by atoms with Crippen LogP contribution in [0.2, 0.25) is 0 Å². The highest BCUT2D eigenvalue weighted by atomic mass is 79.9. The summed E-state index contributed by atoms with van der Waals surface area (Å²) in [7, 11) is 3.58. The largest absolute Gasteiger partial charge is 0.508 e. The number of rotatable bonds is 5. The minimum Gasteiger partial charge on any atom is -0.508 e. The minimum atomic E-state index is 0.0341. The summed E-state index contributed by atoms with van der Waals surface area (Å²) in [4.78, 5) is 13.1. The van der Waals surface area contributed by atoms with Crippen molar-refractivity contribution in [2.45, 2.75) is 13.0 Å². The molecule has 0 aliphatic carbocycles. The minimum absolute atomic E-state index is 0.0341. The first-order valence-electron chi connectivity index (χ1n) is 5.39. The molecule has 4 nitrogen and oxygen atoms in total. The van der Waals surface area contributed by atoms with Crippen LogP contribution in [0.25, 0.3) is 0 Å². The molecule has 0 saturated heterocycles. The van der Waals surface area contributed by atoms with Crippen molar-refractivity contribution in [3.05, 3.63) is 28.2 Å². The molecule has 0 spiro atoms. The molecular weight excluding hydrogens is 284 g/mol. The third-order valence-electron chi connectivity index (χ3n) is 2.47. The molecule has 1 amide bonds. The Balaban J connectivity index is 2.52. The van der Waals surface area contributed by atoms with Gasteiger partial charge in [-0.05, 0) is 30.8 Å². The normalized spacial score (nSPS) is 10.6. The second-order valence-electron chi connectivity index (χ2n) is 3.94. The Morgan fingerprint density at radius 1 is 1.53 bits per heavy atom. The van der Waals surface area contributed by atoms with Gasteiger partial charge in [0.1, 0.15) is 5.75 Å². The second kappa shape index (κ2) is 6.61. The molecule has 0 aliphatic heterocycles. The number of nitrogens with one attached hydrogen (secondary N) is 1. The molecule has 94 valence electrons. The predicted molar refractivity (Wildman–Crippen MR) is 70.8 cm³/mol. The van der Waals surface area contributed by atoms with E-state index in [0.717, 1.165) is 10.0 Å². The van der Waals surface area contributed by atoms with Gasteiger partial charge in [0.2, 0.25) is 5.91 Å². The van der Waals surface area contributed by atoms with Crippen LogP contribution in [0.1, 0.15) is 12.0 Å². The van der Waals surface area contributed by atoms with Crippen molar-refractivity contribution < 1.29 is 9.90 Å². The number of carbonyl (C=O) groups excluding carboxylic acids is 1. The lowest BCUT2D eigenvalue weighted by molar-refractivity contribution is -0.120. The smallest absolute Gasteiger partial charge is 0.221 e. The summed E-state index contributed by atoms with van der Waals surface area (Å²) in [6.07, 6.45) is 0.476. The number of hydrogen-bond donors (Lipinski definition) is 2. The molecule has 0 atom stereocenters. The Bertz CT molecular complexity index is 396. The van der Waals surface area contributed by atoms with Crippen molar-refractivity contribution in [1.29, 1.82) is 0 Å². The van der Waals surface area contributed by atoms with Crippen LogP contribution >= 0.6 is 15.9 Å². The maximum Gasteiger partial charge on any atom is 0.221 e. The first kappa shape index (κ1) is 14.0. The van der Waals surface area contributed by atoms with Gasteiger partial charge in [-0.25, -0.2) is 0 Å². The quantitative estimate of drug-likeness (QED) is 0.871. The highest BCUT2D eigenvalue weighted by Gasteiger charge is 2.07. The van der Waals surface area contributed by atoms with Crippen molar-refractivity contribution in [1.82, 2.24) is 10.2 Å². The number of hydrogen-bond acceptors (Lipinski definition) is 3. The summed E-state index contributed by atoms with van der Waals surface area (Å²) in [6.45, 7) is 1.37. The van der Waals surface area contributed by atoms with E-state index in [0.29, 0.717) is 19.5 Å². The van der Waals surface area contributed by atoms with Gasteiger partial charge >= 0.3 is 0 Å². The van der Waals surface area contributed by atoms with Crippen molar-refractivity contribution in [3.63, 3.8) is 0 Å². The van der Waals surface area contributed by atoms with E-state index in [9.17, 15) is 9.90 Å². The molecule has 5 heteroatoms. The van der Waals surface area contributed by atoms with Crippen LogP contribution in [0.15, 0.2) is 22.7 Å². The molecule has 1 aromatic carbocycles. The molecule has 0 aliphatic rings. The summed E-state index contributed by atoms with van der Waals surface area (Å²) in [5, 5.41) is 12.0. The zero-order valence-electron chi connectivity index (χ0n) is 10.0. The zero-order valence-corrected chi connectivity index (χ0v) is 11.6. The highest BCUT2D eigenvalue weighted by molar-refractivity contribution is 9.10. The topological polar surface area (TPSA) is 52.6 Å². The molecule has 1 rings (SSSR count). The fraction of sp³-hybridized carbons (Fsp3) is 0.417. The summed E-state index contributed by atoms with van der Waals surface area (Å²) >= 11 is 3.44. The van der Waals surface area contributed by atoms with Gasteiger partial charge in [-0.3, -0.25) is 4.79 Å². The number of halogens is 1. The monoisotopic (exact) mass is 300 g/mol. The molecule has 0 bridgehead atoms. The zero-order chi connectivity index (χ0) is 12.8. The van der Waals surface area contributed by atoms with Crippen LogP contribution in [0.3, 0.4) is 0 Å². The van der Waals surface area contributed by atoms with E-state index < -0.39 is 0 Å². The van der Waals surface area contributed by atoms with Crippen LogP contribution in [0.4, 0.5) is 0 Å². The number of benzene rings is 1. The first-order chi connectivity index (χ1) is 8.02. The molecule has 0 unspecified atom stereocenters.